The zero-order valence-electron chi connectivity index (χ0n) is 11.8. The third-order valence-corrected chi connectivity index (χ3v) is 3.31. The van der Waals surface area contributed by atoms with E-state index in [0.29, 0.717) is 15.6 Å². The van der Waals surface area contributed by atoms with Crippen molar-refractivity contribution >= 4 is 23.2 Å². The normalized spacial score (nSPS) is 11.9. The lowest BCUT2D eigenvalue weighted by Gasteiger charge is -2.18. The number of halogens is 2. The van der Waals surface area contributed by atoms with Crippen LogP contribution in [-0.2, 0) is 11.3 Å². The highest BCUT2D eigenvalue weighted by Gasteiger charge is 2.18. The quantitative estimate of drug-likeness (QED) is 0.409. The second-order valence-corrected chi connectivity index (χ2v) is 5.18. The van der Waals surface area contributed by atoms with Gasteiger partial charge in [0.05, 0.1) is 13.2 Å². The predicted molar refractivity (Wildman–Crippen MR) is 83.0 cm³/mol. The van der Waals surface area contributed by atoms with E-state index in [-0.39, 0.29) is 19.2 Å². The van der Waals surface area contributed by atoms with E-state index in [1.54, 1.807) is 24.3 Å². The summed E-state index contributed by atoms with van der Waals surface area (Å²) in [5.41, 5.74) is 0.699. The van der Waals surface area contributed by atoms with Gasteiger partial charge < -0.3 is 4.74 Å². The van der Waals surface area contributed by atoms with Crippen LogP contribution in [-0.4, -0.2) is 26.5 Å². The Balaban J connectivity index is 2.19. The Morgan fingerprint density at radius 1 is 1.48 bits per heavy atom. The Hall–Kier alpha value is -2.16. The molecule has 1 unspecified atom stereocenters. The van der Waals surface area contributed by atoms with Gasteiger partial charge in [-0.3, -0.25) is 0 Å². The summed E-state index contributed by atoms with van der Waals surface area (Å²) >= 11 is 12.1. The minimum atomic E-state index is -0.985. The molecule has 1 heterocycles. The molecule has 122 valence electrons. The van der Waals surface area contributed by atoms with Crippen LogP contribution in [0, 0.1) is 10.1 Å². The summed E-state index contributed by atoms with van der Waals surface area (Å²) in [5.74, 6) is 0. The van der Waals surface area contributed by atoms with E-state index < -0.39 is 11.2 Å². The van der Waals surface area contributed by atoms with E-state index in [9.17, 15) is 10.1 Å². The standard InChI is InChI=1S/C13H12Cl2N4O4/c1-2-5-22-12(10-4-3-9(14)6-11(10)15)7-18-8-16-13(17-18)23-19(20)21/h2-4,6,8,12H,1,5,7H2. The largest absolute Gasteiger partial charge is 0.367 e. The molecule has 0 fully saturated rings. The Labute approximate surface area is 141 Å². The number of hydrogen-bond donors (Lipinski definition) is 0. The van der Waals surface area contributed by atoms with Crippen LogP contribution in [0.3, 0.4) is 0 Å². The summed E-state index contributed by atoms with van der Waals surface area (Å²) in [6, 6.07) is 4.67. The first-order valence-electron chi connectivity index (χ1n) is 6.39. The minimum absolute atomic E-state index is 0.225. The second-order valence-electron chi connectivity index (χ2n) is 4.34. The van der Waals surface area contributed by atoms with Crippen LogP contribution in [0.1, 0.15) is 11.7 Å². The molecule has 0 amide bonds. The molecule has 1 atom stereocenters. The predicted octanol–water partition coefficient (Wildman–Crippen LogP) is 3.10. The summed E-state index contributed by atoms with van der Waals surface area (Å²) in [6.07, 6.45) is 2.43. The number of hydrogen-bond acceptors (Lipinski definition) is 6. The van der Waals surface area contributed by atoms with Crippen molar-refractivity contribution in [2.24, 2.45) is 0 Å². The number of benzene rings is 1. The minimum Gasteiger partial charge on any atom is -0.367 e. The van der Waals surface area contributed by atoms with E-state index in [1.165, 1.54) is 11.0 Å². The number of rotatable bonds is 8. The fourth-order valence-corrected chi connectivity index (χ4v) is 2.36. The van der Waals surface area contributed by atoms with Gasteiger partial charge in [0, 0.05) is 15.6 Å². The van der Waals surface area contributed by atoms with Gasteiger partial charge in [-0.25, -0.2) is 9.52 Å². The summed E-state index contributed by atoms with van der Waals surface area (Å²) in [6.45, 7) is 4.11. The van der Waals surface area contributed by atoms with Crippen molar-refractivity contribution in [1.29, 1.82) is 0 Å². The summed E-state index contributed by atoms with van der Waals surface area (Å²) < 4.78 is 7.04. The lowest BCUT2D eigenvalue weighted by molar-refractivity contribution is -0.713. The van der Waals surface area contributed by atoms with Crippen molar-refractivity contribution in [3.63, 3.8) is 0 Å². The number of ether oxygens (including phenoxy) is 1. The second kappa shape index (κ2) is 7.91. The molecule has 8 nitrogen and oxygen atoms in total. The first-order chi connectivity index (χ1) is 11.0. The van der Waals surface area contributed by atoms with Gasteiger partial charge in [-0.05, 0) is 12.1 Å². The molecule has 0 aliphatic heterocycles. The van der Waals surface area contributed by atoms with Gasteiger partial charge in [0.15, 0.2) is 0 Å². The van der Waals surface area contributed by atoms with Gasteiger partial charge in [0.25, 0.3) is 0 Å². The first-order valence-corrected chi connectivity index (χ1v) is 7.14. The highest BCUT2D eigenvalue weighted by molar-refractivity contribution is 6.35. The van der Waals surface area contributed by atoms with Gasteiger partial charge in [-0.2, -0.15) is 4.98 Å². The molecule has 10 heteroatoms. The van der Waals surface area contributed by atoms with Gasteiger partial charge in [0.1, 0.15) is 12.4 Å². The molecule has 0 aliphatic carbocycles. The van der Waals surface area contributed by atoms with Crippen LogP contribution in [0.4, 0.5) is 0 Å². The van der Waals surface area contributed by atoms with Crippen molar-refractivity contribution < 1.29 is 14.7 Å². The van der Waals surface area contributed by atoms with Gasteiger partial charge in [-0.15, -0.1) is 21.8 Å². The highest BCUT2D eigenvalue weighted by Crippen LogP contribution is 2.29. The monoisotopic (exact) mass is 358 g/mol. The van der Waals surface area contributed by atoms with E-state index in [2.05, 4.69) is 21.5 Å². The molecule has 0 bridgehead atoms. The van der Waals surface area contributed by atoms with Crippen LogP contribution in [0.25, 0.3) is 0 Å². The third-order valence-electron chi connectivity index (χ3n) is 2.75. The van der Waals surface area contributed by atoms with Crippen molar-refractivity contribution in [3.8, 4) is 6.01 Å². The molecular weight excluding hydrogens is 347 g/mol. The first kappa shape index (κ1) is 17.2. The number of aromatic nitrogens is 3. The van der Waals surface area contributed by atoms with Gasteiger partial charge in [-0.1, -0.05) is 35.3 Å². The highest BCUT2D eigenvalue weighted by atomic mass is 35.5. The van der Waals surface area contributed by atoms with Gasteiger partial charge in [0.2, 0.25) is 0 Å². The molecule has 0 N–H and O–H groups in total. The Morgan fingerprint density at radius 2 is 2.26 bits per heavy atom. The fourth-order valence-electron chi connectivity index (χ4n) is 1.83. The molecule has 0 saturated carbocycles. The van der Waals surface area contributed by atoms with Crippen molar-refractivity contribution in [3.05, 3.63) is 62.9 Å². The molecule has 0 aliphatic rings. The lowest BCUT2D eigenvalue weighted by atomic mass is 10.1. The van der Waals surface area contributed by atoms with Crippen LogP contribution in [0.5, 0.6) is 6.01 Å². The maximum atomic E-state index is 10.3. The third kappa shape index (κ3) is 4.92. The maximum Gasteiger partial charge on any atom is 0.327 e. The van der Waals surface area contributed by atoms with Crippen molar-refractivity contribution in [2.45, 2.75) is 12.6 Å². The molecule has 1 aromatic heterocycles. The van der Waals surface area contributed by atoms with E-state index in [4.69, 9.17) is 27.9 Å². The average Bonchev–Trinajstić information content (AvgIpc) is 2.90. The molecule has 0 spiro atoms. The maximum absolute atomic E-state index is 10.3. The molecule has 0 radical (unpaired) electrons. The molecule has 23 heavy (non-hydrogen) atoms. The van der Waals surface area contributed by atoms with Gasteiger partial charge >= 0.3 is 11.1 Å². The SMILES string of the molecule is C=CCOC(Cn1cnc(O[N+](=O)[O-])n1)c1ccc(Cl)cc1Cl. The fraction of sp³-hybridized carbons (Fsp3) is 0.231. The zero-order chi connectivity index (χ0) is 16.8. The van der Waals surface area contributed by atoms with Crippen molar-refractivity contribution in [2.75, 3.05) is 6.61 Å². The zero-order valence-corrected chi connectivity index (χ0v) is 13.3. The van der Waals surface area contributed by atoms with Crippen LogP contribution in [0.2, 0.25) is 10.0 Å². The Morgan fingerprint density at radius 3 is 2.91 bits per heavy atom. The van der Waals surface area contributed by atoms with Crippen LogP contribution in [0.15, 0.2) is 37.2 Å². The average molecular weight is 359 g/mol. The lowest BCUT2D eigenvalue weighted by Crippen LogP contribution is -2.14. The van der Waals surface area contributed by atoms with E-state index in [1.807, 2.05) is 0 Å². The molecular formula is C13H12Cl2N4O4. The molecule has 0 saturated heterocycles. The molecule has 2 aromatic rings. The summed E-state index contributed by atoms with van der Waals surface area (Å²) in [7, 11) is 0. The molecule has 1 aromatic carbocycles. The summed E-state index contributed by atoms with van der Waals surface area (Å²) in [5, 5.41) is 14.1. The van der Waals surface area contributed by atoms with Crippen molar-refractivity contribution in [1.82, 2.24) is 14.8 Å². The topological polar surface area (TPSA) is 92.3 Å². The van der Waals surface area contributed by atoms with E-state index >= 15 is 0 Å². The van der Waals surface area contributed by atoms with Crippen LogP contribution >= 0.6 is 23.2 Å². The summed E-state index contributed by atoms with van der Waals surface area (Å²) in [4.78, 5) is 18.1. The van der Waals surface area contributed by atoms with Crippen LogP contribution < -0.4 is 4.84 Å². The Kier molecular flexibility index (Phi) is 5.91. The number of nitrogens with zero attached hydrogens (tertiary/aromatic N) is 4. The van der Waals surface area contributed by atoms with E-state index in [0.717, 1.165) is 0 Å². The Bertz CT molecular complexity index is 707. The molecule has 2 rings (SSSR count). The smallest absolute Gasteiger partial charge is 0.327 e.